The molecule has 1 atom stereocenters. The van der Waals surface area contributed by atoms with Gasteiger partial charge in [0.05, 0.1) is 30.0 Å². The number of rotatable bonds is 3. The maximum absolute atomic E-state index is 4.43. The third kappa shape index (κ3) is 2.42. The van der Waals surface area contributed by atoms with E-state index in [0.29, 0.717) is 6.04 Å². The van der Waals surface area contributed by atoms with Crippen molar-refractivity contribution >= 4 is 0 Å². The van der Waals surface area contributed by atoms with Crippen LogP contribution in [-0.4, -0.2) is 31.6 Å². The molecule has 102 valence electrons. The minimum atomic E-state index is 0.451. The first-order valence-electron chi connectivity index (χ1n) is 6.98. The topological polar surface area (TPSA) is 60.6 Å². The number of hydrogen-bond donors (Lipinski definition) is 2. The number of piperidine rings is 1. The predicted octanol–water partition coefficient (Wildman–Crippen LogP) is 2.48. The molecule has 0 aliphatic carbocycles. The molecule has 0 unspecified atom stereocenters. The van der Waals surface area contributed by atoms with E-state index in [-0.39, 0.29) is 0 Å². The minimum absolute atomic E-state index is 0.451. The molecule has 0 spiro atoms. The number of hydrogen-bond acceptors (Lipinski definition) is 3. The molecule has 1 aliphatic rings. The Balaban J connectivity index is 1.82. The first kappa shape index (κ1) is 12.4. The van der Waals surface area contributed by atoms with E-state index in [1.807, 2.05) is 6.20 Å². The highest BCUT2D eigenvalue weighted by molar-refractivity contribution is 5.19. The van der Waals surface area contributed by atoms with Crippen LogP contribution >= 0.6 is 0 Å². The molecule has 0 aromatic carbocycles. The van der Waals surface area contributed by atoms with Crippen molar-refractivity contribution in [1.29, 1.82) is 0 Å². The summed E-state index contributed by atoms with van der Waals surface area (Å²) in [6, 6.07) is 0.451. The van der Waals surface area contributed by atoms with Crippen LogP contribution < -0.4 is 0 Å². The van der Waals surface area contributed by atoms with E-state index in [1.54, 1.807) is 6.33 Å². The highest BCUT2D eigenvalue weighted by Crippen LogP contribution is 2.32. The van der Waals surface area contributed by atoms with Gasteiger partial charge in [-0.15, -0.1) is 0 Å². The van der Waals surface area contributed by atoms with E-state index < -0.39 is 0 Å². The zero-order valence-corrected chi connectivity index (χ0v) is 11.6. The number of H-pyrrole nitrogens is 2. The molecule has 5 nitrogen and oxygen atoms in total. The van der Waals surface area contributed by atoms with Gasteiger partial charge >= 0.3 is 0 Å². The summed E-state index contributed by atoms with van der Waals surface area (Å²) >= 11 is 0. The normalized spacial score (nSPS) is 20.8. The summed E-state index contributed by atoms with van der Waals surface area (Å²) in [6.45, 7) is 6.27. The summed E-state index contributed by atoms with van der Waals surface area (Å²) in [5, 5.41) is 7.35. The number of aromatic amines is 2. The summed E-state index contributed by atoms with van der Waals surface area (Å²) < 4.78 is 0. The molecule has 1 aliphatic heterocycles. The van der Waals surface area contributed by atoms with Crippen LogP contribution in [0.4, 0.5) is 0 Å². The highest BCUT2D eigenvalue weighted by atomic mass is 15.2. The largest absolute Gasteiger partial charge is 0.348 e. The first-order valence-corrected chi connectivity index (χ1v) is 6.98. The van der Waals surface area contributed by atoms with Gasteiger partial charge in [0.2, 0.25) is 0 Å². The third-order valence-corrected chi connectivity index (χ3v) is 4.10. The fourth-order valence-electron chi connectivity index (χ4n) is 2.94. The SMILES string of the molecule is Cc1cn[nH]c1[C@H]1CCCCN1Cc1nc[nH]c1C. The molecule has 19 heavy (non-hydrogen) atoms. The summed E-state index contributed by atoms with van der Waals surface area (Å²) in [5.74, 6) is 0. The number of likely N-dealkylation sites (tertiary alicyclic amines) is 1. The number of nitrogens with one attached hydrogen (secondary N) is 2. The minimum Gasteiger partial charge on any atom is -0.348 e. The molecule has 0 amide bonds. The quantitative estimate of drug-likeness (QED) is 0.890. The smallest absolute Gasteiger partial charge is 0.0925 e. The van der Waals surface area contributed by atoms with E-state index >= 15 is 0 Å². The Labute approximate surface area is 113 Å². The van der Waals surface area contributed by atoms with Crippen LogP contribution in [0.15, 0.2) is 12.5 Å². The number of nitrogens with zero attached hydrogens (tertiary/aromatic N) is 3. The summed E-state index contributed by atoms with van der Waals surface area (Å²) in [4.78, 5) is 10.1. The lowest BCUT2D eigenvalue weighted by molar-refractivity contribution is 0.135. The fraction of sp³-hybridized carbons (Fsp3) is 0.571. The molecule has 5 heteroatoms. The van der Waals surface area contributed by atoms with Gasteiger partial charge in [-0.25, -0.2) is 4.98 Å². The van der Waals surface area contributed by atoms with E-state index in [2.05, 4.69) is 38.9 Å². The summed E-state index contributed by atoms with van der Waals surface area (Å²) in [7, 11) is 0. The predicted molar refractivity (Wildman–Crippen MR) is 73.7 cm³/mol. The lowest BCUT2D eigenvalue weighted by Crippen LogP contribution is -2.33. The van der Waals surface area contributed by atoms with Gasteiger partial charge in [0.25, 0.3) is 0 Å². The second-order valence-electron chi connectivity index (χ2n) is 5.42. The third-order valence-electron chi connectivity index (χ3n) is 4.10. The van der Waals surface area contributed by atoms with Crippen molar-refractivity contribution in [3.05, 3.63) is 35.2 Å². The highest BCUT2D eigenvalue weighted by Gasteiger charge is 2.27. The standard InChI is InChI=1S/C14H21N5/c1-10-7-17-18-14(10)13-5-3-4-6-19(13)8-12-11(2)15-9-16-12/h7,9,13H,3-6,8H2,1-2H3,(H,15,16)(H,17,18)/t13-/m1/s1. The van der Waals surface area contributed by atoms with Crippen molar-refractivity contribution in [1.82, 2.24) is 25.1 Å². The van der Waals surface area contributed by atoms with Crippen molar-refractivity contribution in [2.75, 3.05) is 6.54 Å². The number of aromatic nitrogens is 4. The zero-order chi connectivity index (χ0) is 13.2. The molecule has 3 rings (SSSR count). The molecule has 0 radical (unpaired) electrons. The van der Waals surface area contributed by atoms with Gasteiger partial charge in [-0.2, -0.15) is 5.10 Å². The molecule has 1 fully saturated rings. The van der Waals surface area contributed by atoms with E-state index in [4.69, 9.17) is 0 Å². The van der Waals surface area contributed by atoms with Crippen LogP contribution in [0.3, 0.4) is 0 Å². The van der Waals surface area contributed by atoms with Crippen molar-refractivity contribution in [2.45, 2.75) is 45.7 Å². The maximum atomic E-state index is 4.43. The maximum Gasteiger partial charge on any atom is 0.0925 e. The van der Waals surface area contributed by atoms with Crippen molar-refractivity contribution in [2.24, 2.45) is 0 Å². The van der Waals surface area contributed by atoms with Gasteiger partial charge in [-0.1, -0.05) is 6.42 Å². The van der Waals surface area contributed by atoms with Crippen LogP contribution in [0.25, 0.3) is 0 Å². The zero-order valence-electron chi connectivity index (χ0n) is 11.6. The fourth-order valence-corrected chi connectivity index (χ4v) is 2.94. The van der Waals surface area contributed by atoms with Crippen LogP contribution in [0.5, 0.6) is 0 Å². The average Bonchev–Trinajstić information content (AvgIpc) is 3.00. The lowest BCUT2D eigenvalue weighted by Gasteiger charge is -2.35. The van der Waals surface area contributed by atoms with Crippen LogP contribution in [-0.2, 0) is 6.54 Å². The monoisotopic (exact) mass is 259 g/mol. The Morgan fingerprint density at radius 1 is 1.37 bits per heavy atom. The Hall–Kier alpha value is -1.62. The molecular weight excluding hydrogens is 238 g/mol. The molecular formula is C14H21N5. The van der Waals surface area contributed by atoms with Crippen molar-refractivity contribution < 1.29 is 0 Å². The van der Waals surface area contributed by atoms with Gasteiger partial charge in [0.1, 0.15) is 0 Å². The van der Waals surface area contributed by atoms with Crippen LogP contribution in [0.2, 0.25) is 0 Å². The molecule has 1 saturated heterocycles. The van der Waals surface area contributed by atoms with Crippen LogP contribution in [0, 0.1) is 13.8 Å². The van der Waals surface area contributed by atoms with Gasteiger partial charge < -0.3 is 4.98 Å². The summed E-state index contributed by atoms with van der Waals surface area (Å²) in [6.07, 6.45) is 7.46. The van der Waals surface area contributed by atoms with E-state index in [0.717, 1.165) is 18.8 Å². The molecule has 0 saturated carbocycles. The first-order chi connectivity index (χ1) is 9.25. The molecule has 0 bridgehead atoms. The van der Waals surface area contributed by atoms with Gasteiger partial charge in [-0.05, 0) is 38.8 Å². The average molecular weight is 259 g/mol. The van der Waals surface area contributed by atoms with E-state index in [1.165, 1.54) is 36.2 Å². The molecule has 2 aromatic rings. The lowest BCUT2D eigenvalue weighted by atomic mass is 9.97. The second-order valence-corrected chi connectivity index (χ2v) is 5.42. The van der Waals surface area contributed by atoms with Gasteiger partial charge in [0, 0.05) is 12.2 Å². The van der Waals surface area contributed by atoms with Gasteiger partial charge in [-0.3, -0.25) is 10.00 Å². The van der Waals surface area contributed by atoms with Crippen molar-refractivity contribution in [3.63, 3.8) is 0 Å². The second kappa shape index (κ2) is 5.17. The Morgan fingerprint density at radius 3 is 2.95 bits per heavy atom. The van der Waals surface area contributed by atoms with Crippen molar-refractivity contribution in [3.8, 4) is 0 Å². The van der Waals surface area contributed by atoms with Gasteiger partial charge in [0.15, 0.2) is 0 Å². The van der Waals surface area contributed by atoms with Crippen LogP contribution in [0.1, 0.15) is 47.9 Å². The molecule has 2 aromatic heterocycles. The Kier molecular flexibility index (Phi) is 3.38. The number of aryl methyl sites for hydroxylation is 2. The molecule has 2 N–H and O–H groups in total. The number of imidazole rings is 1. The van der Waals surface area contributed by atoms with E-state index in [9.17, 15) is 0 Å². The molecule has 3 heterocycles. The Bertz CT molecular complexity index is 542. The summed E-state index contributed by atoms with van der Waals surface area (Å²) in [5.41, 5.74) is 4.86. The Morgan fingerprint density at radius 2 is 2.26 bits per heavy atom.